The lowest BCUT2D eigenvalue weighted by molar-refractivity contribution is -0.124. The molecule has 9 heteroatoms. The zero-order valence-electron chi connectivity index (χ0n) is 18.6. The fourth-order valence-electron chi connectivity index (χ4n) is 3.49. The van der Waals surface area contributed by atoms with Crippen LogP contribution in [0.3, 0.4) is 0 Å². The van der Waals surface area contributed by atoms with Crippen LogP contribution in [0.1, 0.15) is 43.2 Å². The van der Waals surface area contributed by atoms with Crippen LogP contribution < -0.4 is 20.5 Å². The van der Waals surface area contributed by atoms with Gasteiger partial charge in [0.25, 0.3) is 5.91 Å². The average molecular weight is 533 g/mol. The maximum absolute atomic E-state index is 12.2. The summed E-state index contributed by atoms with van der Waals surface area (Å²) in [4.78, 5) is 12.2. The lowest BCUT2D eigenvalue weighted by Crippen LogP contribution is -2.39. The van der Waals surface area contributed by atoms with E-state index in [1.165, 1.54) is 23.7 Å². The number of ether oxygens (including phenoxy) is 2. The fraction of sp³-hybridized carbons (Fsp3) is 0.375. The van der Waals surface area contributed by atoms with Crippen LogP contribution in [0.15, 0.2) is 57.1 Å². The van der Waals surface area contributed by atoms with Gasteiger partial charge in [0, 0.05) is 21.8 Å². The summed E-state index contributed by atoms with van der Waals surface area (Å²) in [6, 6.07) is 13.8. The summed E-state index contributed by atoms with van der Waals surface area (Å²) in [5.41, 5.74) is 7.86. The third-order valence-electron chi connectivity index (χ3n) is 5.19. The molecule has 1 fully saturated rings. The van der Waals surface area contributed by atoms with Gasteiger partial charge in [-0.2, -0.15) is 5.10 Å². The van der Waals surface area contributed by atoms with Crippen molar-refractivity contribution in [1.82, 2.24) is 5.32 Å². The van der Waals surface area contributed by atoms with Gasteiger partial charge in [-0.25, -0.2) is 0 Å². The smallest absolute Gasteiger partial charge is 0.258 e. The first kappa shape index (κ1) is 25.1. The molecule has 3 N–H and O–H groups in total. The number of amidine groups is 1. The second kappa shape index (κ2) is 13.3. The Morgan fingerprint density at radius 3 is 2.70 bits per heavy atom. The molecule has 0 radical (unpaired) electrons. The number of benzene rings is 2. The van der Waals surface area contributed by atoms with E-state index < -0.39 is 0 Å². The molecule has 1 amide bonds. The molecule has 1 saturated carbocycles. The summed E-state index contributed by atoms with van der Waals surface area (Å²) in [5.74, 6) is 1.58. The number of nitrogens with one attached hydrogen (secondary N) is 1. The minimum atomic E-state index is -0.122. The Bertz CT molecular complexity index is 979. The number of amides is 1. The molecule has 0 heterocycles. The summed E-state index contributed by atoms with van der Waals surface area (Å²) in [6.07, 6.45) is 7.23. The number of nitrogens with zero attached hydrogens (tertiary/aromatic N) is 2. The quantitative estimate of drug-likeness (QED) is 0.272. The van der Waals surface area contributed by atoms with Crippen molar-refractivity contribution in [3.05, 3.63) is 58.1 Å². The lowest BCUT2D eigenvalue weighted by Gasteiger charge is -2.22. The Morgan fingerprint density at radius 1 is 1.21 bits per heavy atom. The fourth-order valence-corrected chi connectivity index (χ4v) is 4.53. The van der Waals surface area contributed by atoms with E-state index >= 15 is 0 Å². The number of hydrogen-bond acceptors (Lipinski definition) is 6. The normalized spacial score (nSPS) is 14.9. The predicted molar refractivity (Wildman–Crippen MR) is 138 cm³/mol. The third-order valence-corrected chi connectivity index (χ3v) is 6.74. The molecule has 0 atom stereocenters. The summed E-state index contributed by atoms with van der Waals surface area (Å²) < 4.78 is 11.9. The van der Waals surface area contributed by atoms with E-state index in [-0.39, 0.29) is 18.6 Å². The highest BCUT2D eigenvalue weighted by Gasteiger charge is 2.17. The van der Waals surface area contributed by atoms with Crippen molar-refractivity contribution in [1.29, 1.82) is 0 Å². The van der Waals surface area contributed by atoms with Crippen LogP contribution in [0.25, 0.3) is 0 Å². The van der Waals surface area contributed by atoms with Crippen LogP contribution in [0, 0.1) is 0 Å². The highest BCUT2D eigenvalue weighted by molar-refractivity contribution is 9.10. The Hall–Kier alpha value is -2.52. The number of carbonyl (C=O) groups is 1. The Morgan fingerprint density at radius 2 is 1.97 bits per heavy atom. The van der Waals surface area contributed by atoms with Gasteiger partial charge in [0.2, 0.25) is 0 Å². The minimum absolute atomic E-state index is 0.0633. The molecule has 2 aromatic carbocycles. The number of rotatable bonds is 9. The summed E-state index contributed by atoms with van der Waals surface area (Å²) in [6.45, 7) is -0.0633. The van der Waals surface area contributed by atoms with E-state index in [4.69, 9.17) is 15.2 Å². The van der Waals surface area contributed by atoms with Gasteiger partial charge in [0.05, 0.1) is 13.3 Å². The maximum Gasteiger partial charge on any atom is 0.258 e. The Balaban J connectivity index is 1.55. The van der Waals surface area contributed by atoms with Crippen molar-refractivity contribution in [3.63, 3.8) is 0 Å². The molecular formula is C24H29BrN4O3S. The molecule has 1 aliphatic rings. The van der Waals surface area contributed by atoms with Gasteiger partial charge in [-0.3, -0.25) is 4.79 Å². The van der Waals surface area contributed by atoms with Crippen molar-refractivity contribution in [3.8, 4) is 11.5 Å². The SMILES string of the molecule is COc1cc(C=NN=C(N)SCc2ccccc2)c(Br)cc1OCC(=O)NC1CCCCC1. The second-order valence-electron chi connectivity index (χ2n) is 7.67. The van der Waals surface area contributed by atoms with Crippen molar-refractivity contribution >= 4 is 45.0 Å². The van der Waals surface area contributed by atoms with E-state index in [0.29, 0.717) is 16.7 Å². The van der Waals surface area contributed by atoms with Crippen molar-refractivity contribution in [2.24, 2.45) is 15.9 Å². The second-order valence-corrected chi connectivity index (χ2v) is 9.52. The number of nitrogens with two attached hydrogens (primary N) is 1. The van der Waals surface area contributed by atoms with Gasteiger partial charge in [-0.05, 0) is 46.5 Å². The molecule has 0 bridgehead atoms. The van der Waals surface area contributed by atoms with Gasteiger partial charge >= 0.3 is 0 Å². The molecule has 0 aliphatic heterocycles. The minimum Gasteiger partial charge on any atom is -0.493 e. The number of halogens is 1. The first-order valence-corrected chi connectivity index (χ1v) is 12.7. The predicted octanol–water partition coefficient (Wildman–Crippen LogP) is 4.87. The maximum atomic E-state index is 12.2. The van der Waals surface area contributed by atoms with Crippen LogP contribution in [-0.4, -0.2) is 37.0 Å². The Labute approximate surface area is 207 Å². The van der Waals surface area contributed by atoms with E-state index in [9.17, 15) is 4.79 Å². The van der Waals surface area contributed by atoms with E-state index in [1.807, 2.05) is 30.3 Å². The summed E-state index contributed by atoms with van der Waals surface area (Å²) in [7, 11) is 1.55. The standard InChI is InChI=1S/C24H29BrN4O3S/c1-31-21-12-18(14-27-29-24(26)33-16-17-8-4-2-5-9-17)20(25)13-22(21)32-15-23(30)28-19-10-6-3-7-11-19/h2,4-5,8-9,12-14,19H,3,6-7,10-11,15-16H2,1H3,(H2,26,29)(H,28,30). The highest BCUT2D eigenvalue weighted by Crippen LogP contribution is 2.33. The molecule has 0 aromatic heterocycles. The largest absolute Gasteiger partial charge is 0.493 e. The van der Waals surface area contributed by atoms with Crippen LogP contribution >= 0.6 is 27.7 Å². The van der Waals surface area contributed by atoms with E-state index in [0.717, 1.165) is 41.5 Å². The molecule has 2 aromatic rings. The zero-order chi connectivity index (χ0) is 23.5. The number of methoxy groups -OCH3 is 1. The molecule has 176 valence electrons. The number of hydrogen-bond donors (Lipinski definition) is 2. The first-order chi connectivity index (χ1) is 16.0. The average Bonchev–Trinajstić information content (AvgIpc) is 2.83. The van der Waals surface area contributed by atoms with Gasteiger partial charge in [-0.15, -0.1) is 5.10 Å². The van der Waals surface area contributed by atoms with E-state index in [2.05, 4.69) is 31.4 Å². The first-order valence-electron chi connectivity index (χ1n) is 10.9. The van der Waals surface area contributed by atoms with Gasteiger partial charge in [-0.1, -0.05) is 61.4 Å². The topological polar surface area (TPSA) is 98.3 Å². The van der Waals surface area contributed by atoms with Crippen LogP contribution in [-0.2, 0) is 10.5 Å². The van der Waals surface area contributed by atoms with Gasteiger partial charge < -0.3 is 20.5 Å². The van der Waals surface area contributed by atoms with Gasteiger partial charge in [0.1, 0.15) is 0 Å². The van der Waals surface area contributed by atoms with Crippen molar-refractivity contribution in [2.45, 2.75) is 43.9 Å². The van der Waals surface area contributed by atoms with Crippen molar-refractivity contribution in [2.75, 3.05) is 13.7 Å². The molecule has 3 rings (SSSR count). The van der Waals surface area contributed by atoms with Crippen LogP contribution in [0.4, 0.5) is 0 Å². The number of carbonyl (C=O) groups excluding carboxylic acids is 1. The summed E-state index contributed by atoms with van der Waals surface area (Å²) in [5, 5.41) is 11.6. The van der Waals surface area contributed by atoms with Gasteiger partial charge in [0.15, 0.2) is 23.3 Å². The molecule has 0 saturated heterocycles. The monoisotopic (exact) mass is 532 g/mol. The molecular weight excluding hydrogens is 504 g/mol. The highest BCUT2D eigenvalue weighted by atomic mass is 79.9. The zero-order valence-corrected chi connectivity index (χ0v) is 21.0. The molecule has 0 spiro atoms. The van der Waals surface area contributed by atoms with E-state index in [1.54, 1.807) is 25.5 Å². The molecule has 0 unspecified atom stereocenters. The molecule has 1 aliphatic carbocycles. The van der Waals surface area contributed by atoms with Crippen LogP contribution in [0.5, 0.6) is 11.5 Å². The summed E-state index contributed by atoms with van der Waals surface area (Å²) >= 11 is 4.93. The molecule has 33 heavy (non-hydrogen) atoms. The van der Waals surface area contributed by atoms with Crippen molar-refractivity contribution < 1.29 is 14.3 Å². The Kier molecular flexibility index (Phi) is 10.1. The van der Waals surface area contributed by atoms with Crippen LogP contribution in [0.2, 0.25) is 0 Å². The third kappa shape index (κ3) is 8.40. The lowest BCUT2D eigenvalue weighted by atomic mass is 9.95. The molecule has 7 nitrogen and oxygen atoms in total. The number of thioether (sulfide) groups is 1.